The second-order valence-electron chi connectivity index (χ2n) is 19.4. The number of carbonyl (C=O) groups excluding carboxylic acids is 1. The van der Waals surface area contributed by atoms with E-state index in [-0.39, 0.29) is 33.7 Å². The number of aliphatic hydroxyl groups is 1. The molecule has 49 heavy (non-hydrogen) atoms. The Hall–Kier alpha value is -1.26. The molecule has 1 N–H and O–H groups in total. The van der Waals surface area contributed by atoms with Crippen molar-refractivity contribution in [3.8, 4) is 0 Å². The number of aliphatic hydroxyl groups excluding tert-OH is 1. The quantitative estimate of drug-likeness (QED) is 0.131. The first-order chi connectivity index (χ1) is 22.5. The fourth-order valence-electron chi connectivity index (χ4n) is 8.54. The van der Waals surface area contributed by atoms with Crippen molar-refractivity contribution >= 4 is 22.6 Å². The molecule has 0 spiro atoms. The van der Waals surface area contributed by atoms with Gasteiger partial charge in [-0.05, 0) is 129 Å². The Morgan fingerprint density at radius 1 is 0.980 bits per heavy atom. The van der Waals surface area contributed by atoms with Gasteiger partial charge in [0.15, 0.2) is 16.6 Å². The van der Waals surface area contributed by atoms with Crippen molar-refractivity contribution in [2.45, 2.75) is 175 Å². The summed E-state index contributed by atoms with van der Waals surface area (Å²) in [5.74, 6) is 1.19. The molecule has 4 saturated carbocycles. The average molecular weight is 713 g/mol. The lowest BCUT2D eigenvalue weighted by Gasteiger charge is -2.45. The third-order valence-corrected chi connectivity index (χ3v) is 23.1. The van der Waals surface area contributed by atoms with Crippen molar-refractivity contribution in [3.63, 3.8) is 0 Å². The van der Waals surface area contributed by atoms with Gasteiger partial charge in [0.25, 0.3) is 0 Å². The van der Waals surface area contributed by atoms with Gasteiger partial charge in [0.1, 0.15) is 0 Å². The maximum Gasteiger partial charge on any atom is 0.315 e. The normalized spacial score (nSPS) is 32.4. The van der Waals surface area contributed by atoms with Gasteiger partial charge in [0, 0.05) is 6.42 Å². The fraction of sp³-hybridized carbons (Fsp3) is 0.786. The molecule has 4 rings (SSSR count). The Morgan fingerprint density at radius 3 is 2.16 bits per heavy atom. The van der Waals surface area contributed by atoms with Crippen molar-refractivity contribution < 1.29 is 23.5 Å². The molecule has 0 aromatic heterocycles. The molecule has 0 radical (unpaired) electrons. The van der Waals surface area contributed by atoms with Crippen LogP contribution in [0.4, 0.5) is 0 Å². The molecule has 4 aliphatic rings. The van der Waals surface area contributed by atoms with Gasteiger partial charge in [0.2, 0.25) is 0 Å². The summed E-state index contributed by atoms with van der Waals surface area (Å²) in [5.41, 5.74) is 3.53. The van der Waals surface area contributed by atoms with Crippen LogP contribution in [0.2, 0.25) is 36.3 Å². The summed E-state index contributed by atoms with van der Waals surface area (Å²) < 4.78 is 19.5. The van der Waals surface area contributed by atoms with Crippen LogP contribution < -0.4 is 0 Å². The van der Waals surface area contributed by atoms with E-state index < -0.39 is 28.2 Å². The van der Waals surface area contributed by atoms with Gasteiger partial charge in [0.05, 0.1) is 30.3 Å². The number of esters is 1. The van der Waals surface area contributed by atoms with Gasteiger partial charge in [-0.25, -0.2) is 0 Å². The molecule has 4 fully saturated rings. The highest BCUT2D eigenvalue weighted by Gasteiger charge is 2.56. The molecule has 4 aliphatic carbocycles. The van der Waals surface area contributed by atoms with Gasteiger partial charge in [-0.15, -0.1) is 0 Å². The van der Waals surface area contributed by atoms with Crippen LogP contribution in [-0.2, 0) is 18.4 Å². The third kappa shape index (κ3) is 8.53. The van der Waals surface area contributed by atoms with Crippen LogP contribution >= 0.6 is 0 Å². The number of hydrogen-bond donors (Lipinski definition) is 1. The van der Waals surface area contributed by atoms with E-state index in [2.05, 4.69) is 106 Å². The summed E-state index contributed by atoms with van der Waals surface area (Å²) in [6, 6.07) is 0. The Bertz CT molecular complexity index is 1310. The zero-order valence-corrected chi connectivity index (χ0v) is 35.6. The van der Waals surface area contributed by atoms with Gasteiger partial charge in [-0.3, -0.25) is 4.79 Å². The molecule has 5 nitrogen and oxygen atoms in total. The standard InChI is InChI=1S/C42H72O5Si2/c1-15-45-38(44)42(25-26-42)37(43)23-18-29(2)34-21-22-35-31(17-16-24-41(34,35)10)19-20-32-27-33(46-48(11,12)39(4,5)6)28-36(30(32)3)47-49(13,14)40(7,8)9/h18-20,23,29,33-37,43H,3,15-17,21-22,24-28H2,1-2,4-14H3/b23-18+,31-19+,32-20-/t29-,33-,34-,35+,36+,37-,41-/m1/s1. The molecule has 7 heteroatoms. The van der Waals surface area contributed by atoms with Crippen molar-refractivity contribution in [1.82, 2.24) is 0 Å². The van der Waals surface area contributed by atoms with Gasteiger partial charge in [-0.2, -0.15) is 0 Å². The molecule has 0 amide bonds. The van der Waals surface area contributed by atoms with Crippen LogP contribution in [0.5, 0.6) is 0 Å². The minimum Gasteiger partial charge on any atom is -0.465 e. The summed E-state index contributed by atoms with van der Waals surface area (Å²) in [6.07, 6.45) is 17.5. The molecule has 0 heterocycles. The SMILES string of the molecule is C=C1/C(=C\C=C2/CCC[C@]3(C)[C@@H]([C@H](C)/C=C/[C@@H](O)C4(C(=O)OCC)CC4)CC[C@@H]23)C[C@@H](O[Si](C)(C)C(C)(C)C)C[C@@H]1O[Si](C)(C)C(C)(C)C. The first-order valence-corrected chi connectivity index (χ1v) is 25.3. The predicted molar refractivity (Wildman–Crippen MR) is 209 cm³/mol. The zero-order chi connectivity index (χ0) is 36.8. The van der Waals surface area contributed by atoms with Crippen molar-refractivity contribution in [1.29, 1.82) is 0 Å². The third-order valence-electron chi connectivity index (χ3n) is 14.0. The van der Waals surface area contributed by atoms with Crippen LogP contribution in [-0.4, -0.2) is 52.6 Å². The Labute approximate surface area is 302 Å². The van der Waals surface area contributed by atoms with Gasteiger partial charge >= 0.3 is 5.97 Å². The van der Waals surface area contributed by atoms with E-state index >= 15 is 0 Å². The molecule has 0 aliphatic heterocycles. The molecule has 0 aromatic rings. The Morgan fingerprint density at radius 2 is 1.59 bits per heavy atom. The van der Waals surface area contributed by atoms with E-state index in [0.29, 0.717) is 37.2 Å². The van der Waals surface area contributed by atoms with Crippen LogP contribution in [0.15, 0.2) is 47.6 Å². The van der Waals surface area contributed by atoms with Crippen LogP contribution in [0, 0.1) is 28.6 Å². The highest BCUT2D eigenvalue weighted by Crippen LogP contribution is 2.60. The van der Waals surface area contributed by atoms with E-state index in [4.69, 9.17) is 13.6 Å². The largest absolute Gasteiger partial charge is 0.465 e. The lowest BCUT2D eigenvalue weighted by Crippen LogP contribution is -2.49. The fourth-order valence-corrected chi connectivity index (χ4v) is 11.2. The predicted octanol–water partition coefficient (Wildman–Crippen LogP) is 11.1. The number of hydrogen-bond acceptors (Lipinski definition) is 5. The number of rotatable bonds is 11. The van der Waals surface area contributed by atoms with Crippen LogP contribution in [0.25, 0.3) is 0 Å². The second kappa shape index (κ2) is 14.6. The highest BCUT2D eigenvalue weighted by molar-refractivity contribution is 6.74. The maximum absolute atomic E-state index is 12.5. The van der Waals surface area contributed by atoms with E-state index in [1.165, 1.54) is 31.3 Å². The monoisotopic (exact) mass is 712 g/mol. The van der Waals surface area contributed by atoms with E-state index in [1.54, 1.807) is 5.57 Å². The maximum atomic E-state index is 12.5. The number of fused-ring (bicyclic) bond motifs is 1. The van der Waals surface area contributed by atoms with E-state index in [9.17, 15) is 9.90 Å². The minimum absolute atomic E-state index is 0.0110. The lowest BCUT2D eigenvalue weighted by molar-refractivity contribution is -0.153. The summed E-state index contributed by atoms with van der Waals surface area (Å²) in [7, 11) is -3.97. The molecule has 0 aromatic carbocycles. The van der Waals surface area contributed by atoms with Gasteiger partial charge < -0.3 is 18.7 Å². The molecule has 278 valence electrons. The first-order valence-electron chi connectivity index (χ1n) is 19.5. The molecular formula is C42H72O5Si2. The van der Waals surface area contributed by atoms with E-state index in [1.807, 2.05) is 13.0 Å². The topological polar surface area (TPSA) is 65.0 Å². The molecule has 0 unspecified atom stereocenters. The van der Waals surface area contributed by atoms with Crippen molar-refractivity contribution in [2.24, 2.45) is 28.6 Å². The zero-order valence-electron chi connectivity index (χ0n) is 33.6. The summed E-state index contributed by atoms with van der Waals surface area (Å²) in [4.78, 5) is 12.5. The summed E-state index contributed by atoms with van der Waals surface area (Å²) in [6.45, 7) is 35.0. The molecule has 7 atom stereocenters. The Kier molecular flexibility index (Phi) is 12.1. The summed E-state index contributed by atoms with van der Waals surface area (Å²) in [5, 5.41) is 11.3. The summed E-state index contributed by atoms with van der Waals surface area (Å²) >= 11 is 0. The van der Waals surface area contributed by atoms with Crippen LogP contribution in [0.1, 0.15) is 120 Å². The first kappa shape index (κ1) is 40.5. The highest BCUT2D eigenvalue weighted by atomic mass is 28.4. The van der Waals surface area contributed by atoms with E-state index in [0.717, 1.165) is 24.8 Å². The van der Waals surface area contributed by atoms with Crippen molar-refractivity contribution in [3.05, 3.63) is 47.6 Å². The Balaban J connectivity index is 1.55. The smallest absolute Gasteiger partial charge is 0.315 e. The molecular weight excluding hydrogens is 641 g/mol. The number of carbonyl (C=O) groups is 1. The van der Waals surface area contributed by atoms with Crippen LogP contribution in [0.3, 0.4) is 0 Å². The van der Waals surface area contributed by atoms with Crippen molar-refractivity contribution in [2.75, 3.05) is 6.61 Å². The minimum atomic E-state index is -2.01. The molecule has 0 saturated heterocycles. The average Bonchev–Trinajstić information content (AvgIpc) is 3.71. The van der Waals surface area contributed by atoms with Gasteiger partial charge in [-0.1, -0.05) is 91.8 Å². The molecule has 0 bridgehead atoms. The second-order valence-corrected chi connectivity index (χ2v) is 28.9. The lowest BCUT2D eigenvalue weighted by atomic mass is 9.61. The number of allylic oxidation sites excluding steroid dienone is 4. The number of ether oxygens (including phenoxy) is 1.